The molecule has 1 aromatic heterocycles. The Morgan fingerprint density at radius 3 is 2.25 bits per heavy atom. The largest absolute Gasteiger partial charge is 0.508 e. The Balaban J connectivity index is 0.00000225. The van der Waals surface area contributed by atoms with Crippen LogP contribution in [0.15, 0.2) is 60.7 Å². The molecule has 1 fully saturated rings. The molecule has 1 aliphatic carbocycles. The summed E-state index contributed by atoms with van der Waals surface area (Å²) in [5.41, 5.74) is 8.59. The molecule has 3 N–H and O–H groups in total. The van der Waals surface area contributed by atoms with Gasteiger partial charge in [-0.3, -0.25) is 0 Å². The van der Waals surface area contributed by atoms with Crippen molar-refractivity contribution in [1.29, 1.82) is 0 Å². The molecule has 2 aromatic carbocycles. The van der Waals surface area contributed by atoms with Crippen LogP contribution < -0.4 is 5.73 Å². The third kappa shape index (κ3) is 3.98. The van der Waals surface area contributed by atoms with Crippen LogP contribution in [0.3, 0.4) is 0 Å². The monoisotopic (exact) mass is 406 g/mol. The molecule has 1 saturated carbocycles. The second-order valence-corrected chi connectivity index (χ2v) is 6.77. The summed E-state index contributed by atoms with van der Waals surface area (Å²) in [4.78, 5) is 4.66. The van der Waals surface area contributed by atoms with Gasteiger partial charge < -0.3 is 10.8 Å². The maximum Gasteiger partial charge on any atom is 0.416 e. The number of rotatable bonds is 3. The van der Waals surface area contributed by atoms with Crippen LogP contribution in [0.5, 0.6) is 5.75 Å². The Morgan fingerprint density at radius 2 is 1.64 bits per heavy atom. The maximum absolute atomic E-state index is 13.0. The van der Waals surface area contributed by atoms with Crippen LogP contribution in [0.25, 0.3) is 22.5 Å². The van der Waals surface area contributed by atoms with Crippen molar-refractivity contribution in [2.75, 3.05) is 0 Å². The Labute approximate surface area is 166 Å². The van der Waals surface area contributed by atoms with E-state index in [1.54, 1.807) is 36.4 Å². The predicted molar refractivity (Wildman–Crippen MR) is 104 cm³/mol. The molecule has 0 saturated heterocycles. The number of benzene rings is 2. The summed E-state index contributed by atoms with van der Waals surface area (Å²) in [6.45, 7) is 0. The number of phenolic OH excluding ortho intramolecular Hbond substituents is 1. The second-order valence-electron chi connectivity index (χ2n) is 6.77. The summed E-state index contributed by atoms with van der Waals surface area (Å²) >= 11 is 0. The fraction of sp³-hybridized carbons (Fsp3) is 0.190. The van der Waals surface area contributed by atoms with E-state index in [-0.39, 0.29) is 30.1 Å². The minimum absolute atomic E-state index is 0. The number of nitrogens with zero attached hydrogens (tertiary/aromatic N) is 1. The zero-order valence-corrected chi connectivity index (χ0v) is 15.5. The highest BCUT2D eigenvalue weighted by Crippen LogP contribution is 2.44. The molecule has 2 unspecified atom stereocenters. The van der Waals surface area contributed by atoms with E-state index in [1.165, 1.54) is 6.07 Å². The molecule has 3 aromatic rings. The minimum atomic E-state index is -4.41. The summed E-state index contributed by atoms with van der Waals surface area (Å²) in [6.07, 6.45) is -3.55. The highest BCUT2D eigenvalue weighted by atomic mass is 35.5. The van der Waals surface area contributed by atoms with Gasteiger partial charge in [-0.1, -0.05) is 18.2 Å². The number of hydrogen-bond donors (Lipinski definition) is 2. The topological polar surface area (TPSA) is 59.1 Å². The molecule has 0 amide bonds. The van der Waals surface area contributed by atoms with Crippen molar-refractivity contribution < 1.29 is 18.3 Å². The van der Waals surface area contributed by atoms with Gasteiger partial charge in [-0.15, -0.1) is 12.4 Å². The molecule has 0 aliphatic heterocycles. The summed E-state index contributed by atoms with van der Waals surface area (Å²) in [5, 5.41) is 9.53. The summed E-state index contributed by atoms with van der Waals surface area (Å²) in [5.74, 6) is 0.328. The highest BCUT2D eigenvalue weighted by Gasteiger charge is 2.37. The fourth-order valence-corrected chi connectivity index (χ4v) is 3.21. The van der Waals surface area contributed by atoms with Gasteiger partial charge in [0, 0.05) is 23.1 Å². The molecule has 0 spiro atoms. The van der Waals surface area contributed by atoms with Crippen molar-refractivity contribution in [3.8, 4) is 28.3 Å². The number of phenols is 1. The van der Waals surface area contributed by atoms with Gasteiger partial charge in [-0.2, -0.15) is 13.2 Å². The van der Waals surface area contributed by atoms with Gasteiger partial charge in [0.15, 0.2) is 0 Å². The lowest BCUT2D eigenvalue weighted by Gasteiger charge is -2.13. The van der Waals surface area contributed by atoms with E-state index in [0.717, 1.165) is 29.7 Å². The van der Waals surface area contributed by atoms with E-state index in [1.807, 2.05) is 6.07 Å². The lowest BCUT2D eigenvalue weighted by atomic mass is 9.99. The van der Waals surface area contributed by atoms with E-state index < -0.39 is 11.7 Å². The third-order valence-electron chi connectivity index (χ3n) is 4.79. The van der Waals surface area contributed by atoms with Crippen LogP contribution in [0.1, 0.15) is 23.5 Å². The van der Waals surface area contributed by atoms with Gasteiger partial charge in [0.2, 0.25) is 0 Å². The van der Waals surface area contributed by atoms with Gasteiger partial charge in [0.25, 0.3) is 0 Å². The van der Waals surface area contributed by atoms with Gasteiger partial charge in [0.05, 0.1) is 17.0 Å². The lowest BCUT2D eigenvalue weighted by molar-refractivity contribution is -0.137. The number of hydrogen-bond acceptors (Lipinski definition) is 3. The standard InChI is InChI=1S/C21H17F3N2O.ClH/c22-21(23,24)14-3-1-2-13(10-14)19-9-8-16(17-11-18(17)25)20(26-19)12-4-6-15(27)7-5-12;/h1-10,17-18,27H,11,25H2;1H. The van der Waals surface area contributed by atoms with Gasteiger partial charge in [-0.25, -0.2) is 4.98 Å². The number of aromatic hydroxyl groups is 1. The molecule has 146 valence electrons. The average Bonchev–Trinajstić information content (AvgIpc) is 3.38. The van der Waals surface area contributed by atoms with Crippen LogP contribution in [-0.2, 0) is 6.18 Å². The first-order valence-corrected chi connectivity index (χ1v) is 8.56. The zero-order chi connectivity index (χ0) is 19.2. The highest BCUT2D eigenvalue weighted by molar-refractivity contribution is 5.85. The zero-order valence-electron chi connectivity index (χ0n) is 14.6. The van der Waals surface area contributed by atoms with E-state index in [2.05, 4.69) is 4.98 Å². The SMILES string of the molecule is Cl.NC1CC1c1ccc(-c2cccc(C(F)(F)F)c2)nc1-c1ccc(O)cc1. The number of nitrogens with two attached hydrogens (primary N) is 1. The van der Waals surface area contributed by atoms with Gasteiger partial charge in [-0.05, 0) is 54.4 Å². The number of alkyl halides is 3. The van der Waals surface area contributed by atoms with Gasteiger partial charge in [0.1, 0.15) is 5.75 Å². The Hall–Kier alpha value is -2.57. The van der Waals surface area contributed by atoms with Crippen LogP contribution in [-0.4, -0.2) is 16.1 Å². The van der Waals surface area contributed by atoms with Crippen molar-refractivity contribution in [3.63, 3.8) is 0 Å². The summed E-state index contributed by atoms with van der Waals surface area (Å²) in [7, 11) is 0. The first-order valence-electron chi connectivity index (χ1n) is 8.56. The summed E-state index contributed by atoms with van der Waals surface area (Å²) < 4.78 is 39.1. The van der Waals surface area contributed by atoms with Gasteiger partial charge >= 0.3 is 6.18 Å². The van der Waals surface area contributed by atoms with E-state index in [0.29, 0.717) is 17.0 Å². The van der Waals surface area contributed by atoms with E-state index in [4.69, 9.17) is 5.73 Å². The first-order chi connectivity index (χ1) is 12.8. The van der Waals surface area contributed by atoms with Crippen molar-refractivity contribution in [2.24, 2.45) is 5.73 Å². The maximum atomic E-state index is 13.0. The Morgan fingerprint density at radius 1 is 0.964 bits per heavy atom. The molecule has 1 aliphatic rings. The Kier molecular flexibility index (Phi) is 5.37. The number of halogens is 4. The molecule has 1 heterocycles. The lowest BCUT2D eigenvalue weighted by Crippen LogP contribution is -2.05. The van der Waals surface area contributed by atoms with Crippen LogP contribution in [0.4, 0.5) is 13.2 Å². The van der Waals surface area contributed by atoms with Crippen LogP contribution in [0, 0.1) is 0 Å². The van der Waals surface area contributed by atoms with Crippen molar-refractivity contribution >= 4 is 12.4 Å². The Bertz CT molecular complexity index is 990. The van der Waals surface area contributed by atoms with E-state index in [9.17, 15) is 18.3 Å². The molecular weight excluding hydrogens is 389 g/mol. The average molecular weight is 407 g/mol. The molecule has 2 atom stereocenters. The molecule has 7 heteroatoms. The quantitative estimate of drug-likeness (QED) is 0.614. The fourth-order valence-electron chi connectivity index (χ4n) is 3.21. The van der Waals surface area contributed by atoms with Crippen LogP contribution >= 0.6 is 12.4 Å². The number of pyridine rings is 1. The molecule has 0 radical (unpaired) electrons. The molecule has 3 nitrogen and oxygen atoms in total. The first kappa shape index (κ1) is 20.2. The summed E-state index contributed by atoms with van der Waals surface area (Å²) in [6, 6.07) is 15.4. The second kappa shape index (κ2) is 7.45. The van der Waals surface area contributed by atoms with Crippen molar-refractivity contribution in [1.82, 2.24) is 4.98 Å². The smallest absolute Gasteiger partial charge is 0.416 e. The molecular formula is C21H18ClF3N2O. The minimum Gasteiger partial charge on any atom is -0.508 e. The third-order valence-corrected chi connectivity index (χ3v) is 4.79. The number of aromatic nitrogens is 1. The molecule has 28 heavy (non-hydrogen) atoms. The molecule has 4 rings (SSSR count). The predicted octanol–water partition coefficient (Wildman–Crippen LogP) is 5.38. The van der Waals surface area contributed by atoms with Crippen molar-refractivity contribution in [3.05, 3.63) is 71.8 Å². The molecule has 0 bridgehead atoms. The van der Waals surface area contributed by atoms with E-state index >= 15 is 0 Å². The van der Waals surface area contributed by atoms with Crippen LogP contribution in [0.2, 0.25) is 0 Å². The normalized spacial score (nSPS) is 18.4. The van der Waals surface area contributed by atoms with Crippen molar-refractivity contribution in [2.45, 2.75) is 24.6 Å².